The molecule has 0 unspecified atom stereocenters. The van der Waals surface area contributed by atoms with Gasteiger partial charge in [0, 0.05) is 35.5 Å². The van der Waals surface area contributed by atoms with Gasteiger partial charge < -0.3 is 5.32 Å². The molecule has 0 aliphatic carbocycles. The van der Waals surface area contributed by atoms with Gasteiger partial charge in [-0.2, -0.15) is 0 Å². The molecule has 1 N–H and O–H groups in total. The van der Waals surface area contributed by atoms with Crippen molar-refractivity contribution < 1.29 is 18.4 Å². The Morgan fingerprint density at radius 1 is 0.974 bits per heavy atom. The van der Waals surface area contributed by atoms with E-state index in [0.29, 0.717) is 27.8 Å². The number of carbonyl (C=O) groups excluding carboxylic acids is 2. The number of benzene rings is 3. The zero-order chi connectivity index (χ0) is 27.6. The molecule has 0 fully saturated rings. The summed E-state index contributed by atoms with van der Waals surface area (Å²) in [5.41, 5.74) is 2.55. The Bertz CT molecular complexity index is 1540. The number of carbonyl (C=O) groups is 2. The van der Waals surface area contributed by atoms with Gasteiger partial charge in [0.2, 0.25) is 0 Å². The summed E-state index contributed by atoms with van der Waals surface area (Å²) in [5, 5.41) is 3.83. The number of fused-ring (bicyclic) bond motifs is 1. The molecule has 0 amide bonds. The maximum atomic E-state index is 15.4. The van der Waals surface area contributed by atoms with E-state index in [1.807, 2.05) is 33.8 Å². The molecule has 0 aliphatic rings. The normalized spacial score (nSPS) is 11.6. The predicted octanol–water partition coefficient (Wildman–Crippen LogP) is 8.19. The van der Waals surface area contributed by atoms with E-state index < -0.39 is 17.0 Å². The lowest BCUT2D eigenvalue weighted by molar-refractivity contribution is -0.126. The molecule has 196 valence electrons. The Morgan fingerprint density at radius 3 is 2.47 bits per heavy atom. The number of nitrogens with zero attached hydrogens (tertiary/aromatic N) is 1. The van der Waals surface area contributed by atoms with Crippen LogP contribution in [0, 0.1) is 24.0 Å². The number of Topliss-reactive ketones (excluding diaryl/α,β-unsaturated/α-hetero) is 2. The van der Waals surface area contributed by atoms with Crippen LogP contribution in [0.2, 0.25) is 5.02 Å². The molecule has 1 aromatic heterocycles. The SMILES string of the molecule is Cc1ccc(F)c(Nc2ccnc3c(CC(=O)c4c(Cl)ccc(CCC(=O)C(C)(C)C)c4F)cccc23)c1. The van der Waals surface area contributed by atoms with Crippen LogP contribution in [-0.4, -0.2) is 16.6 Å². The van der Waals surface area contributed by atoms with Crippen LogP contribution in [0.4, 0.5) is 20.2 Å². The average Bonchev–Trinajstić information content (AvgIpc) is 2.85. The third-order valence-electron chi connectivity index (χ3n) is 6.50. The van der Waals surface area contributed by atoms with E-state index in [1.165, 1.54) is 18.2 Å². The van der Waals surface area contributed by atoms with Crippen LogP contribution < -0.4 is 5.32 Å². The fourth-order valence-electron chi connectivity index (χ4n) is 4.30. The molecule has 7 heteroatoms. The summed E-state index contributed by atoms with van der Waals surface area (Å²) in [6.07, 6.45) is 1.79. The van der Waals surface area contributed by atoms with Crippen molar-refractivity contribution in [2.45, 2.75) is 47.0 Å². The van der Waals surface area contributed by atoms with Gasteiger partial charge in [0.1, 0.15) is 17.4 Å². The first-order valence-corrected chi connectivity index (χ1v) is 12.8. The molecule has 0 bridgehead atoms. The van der Waals surface area contributed by atoms with Crippen molar-refractivity contribution in [3.63, 3.8) is 0 Å². The van der Waals surface area contributed by atoms with Gasteiger partial charge in [-0.15, -0.1) is 0 Å². The summed E-state index contributed by atoms with van der Waals surface area (Å²) in [6, 6.07) is 14.9. The zero-order valence-corrected chi connectivity index (χ0v) is 22.5. The summed E-state index contributed by atoms with van der Waals surface area (Å²) in [7, 11) is 0. The highest BCUT2D eigenvalue weighted by Gasteiger charge is 2.24. The van der Waals surface area contributed by atoms with Gasteiger partial charge in [0.15, 0.2) is 5.78 Å². The van der Waals surface area contributed by atoms with Crippen molar-refractivity contribution in [2.24, 2.45) is 5.41 Å². The van der Waals surface area contributed by atoms with Gasteiger partial charge in [-0.25, -0.2) is 8.78 Å². The average molecular weight is 535 g/mol. The Morgan fingerprint density at radius 2 is 1.74 bits per heavy atom. The number of halogens is 3. The van der Waals surface area contributed by atoms with Crippen molar-refractivity contribution >= 4 is 45.4 Å². The minimum absolute atomic E-state index is 0.0107. The highest BCUT2D eigenvalue weighted by molar-refractivity contribution is 6.34. The molecule has 4 rings (SSSR count). The monoisotopic (exact) mass is 534 g/mol. The van der Waals surface area contributed by atoms with Crippen LogP contribution >= 0.6 is 11.6 Å². The molecule has 0 atom stereocenters. The molecule has 0 saturated carbocycles. The van der Waals surface area contributed by atoms with Gasteiger partial charge in [-0.05, 0) is 54.3 Å². The minimum atomic E-state index is -0.699. The summed E-state index contributed by atoms with van der Waals surface area (Å²) >= 11 is 6.27. The van der Waals surface area contributed by atoms with Crippen molar-refractivity contribution in [1.82, 2.24) is 4.98 Å². The molecule has 1 heterocycles. The van der Waals surface area contributed by atoms with E-state index in [2.05, 4.69) is 10.3 Å². The molecule has 0 aliphatic heterocycles. The van der Waals surface area contributed by atoms with Crippen LogP contribution in [0.25, 0.3) is 10.9 Å². The Balaban J connectivity index is 1.63. The summed E-state index contributed by atoms with van der Waals surface area (Å²) in [5.74, 6) is -1.57. The molecular formula is C31H29ClF2N2O2. The molecule has 38 heavy (non-hydrogen) atoms. The third-order valence-corrected chi connectivity index (χ3v) is 6.82. The fourth-order valence-corrected chi connectivity index (χ4v) is 4.55. The number of rotatable bonds is 8. The second kappa shape index (κ2) is 11.0. The van der Waals surface area contributed by atoms with E-state index >= 15 is 4.39 Å². The van der Waals surface area contributed by atoms with Crippen molar-refractivity contribution in [3.05, 3.63) is 99.7 Å². The quantitative estimate of drug-likeness (QED) is 0.231. The second-order valence-corrected chi connectivity index (χ2v) is 10.9. The second-order valence-electron chi connectivity index (χ2n) is 10.4. The number of ketones is 2. The first-order valence-electron chi connectivity index (χ1n) is 12.4. The molecule has 4 nitrogen and oxygen atoms in total. The Kier molecular flexibility index (Phi) is 7.93. The van der Waals surface area contributed by atoms with Gasteiger partial charge in [-0.3, -0.25) is 14.6 Å². The van der Waals surface area contributed by atoms with Crippen molar-refractivity contribution in [1.29, 1.82) is 0 Å². The zero-order valence-electron chi connectivity index (χ0n) is 21.8. The van der Waals surface area contributed by atoms with Crippen LogP contribution in [0.5, 0.6) is 0 Å². The maximum Gasteiger partial charge on any atom is 0.171 e. The third kappa shape index (κ3) is 5.91. The van der Waals surface area contributed by atoms with E-state index in [4.69, 9.17) is 11.6 Å². The minimum Gasteiger partial charge on any atom is -0.353 e. The van der Waals surface area contributed by atoms with Gasteiger partial charge >= 0.3 is 0 Å². The summed E-state index contributed by atoms with van der Waals surface area (Å²) < 4.78 is 29.8. The van der Waals surface area contributed by atoms with E-state index in [9.17, 15) is 14.0 Å². The Labute approximate surface area is 226 Å². The number of anilines is 2. The number of aromatic nitrogens is 1. The van der Waals surface area contributed by atoms with Crippen LogP contribution in [0.15, 0.2) is 60.8 Å². The first-order chi connectivity index (χ1) is 18.0. The van der Waals surface area contributed by atoms with Crippen LogP contribution in [-0.2, 0) is 17.6 Å². The Hall–Kier alpha value is -3.64. The molecular weight excluding hydrogens is 506 g/mol. The molecule has 0 radical (unpaired) electrons. The molecule has 3 aromatic carbocycles. The summed E-state index contributed by atoms with van der Waals surface area (Å²) in [4.78, 5) is 30.1. The highest BCUT2D eigenvalue weighted by Crippen LogP contribution is 2.31. The fraction of sp³-hybridized carbons (Fsp3) is 0.258. The smallest absolute Gasteiger partial charge is 0.171 e. The van der Waals surface area contributed by atoms with Crippen LogP contribution in [0.1, 0.15) is 54.2 Å². The number of hydrogen-bond acceptors (Lipinski definition) is 4. The summed E-state index contributed by atoms with van der Waals surface area (Å²) in [6.45, 7) is 7.33. The van der Waals surface area contributed by atoms with Gasteiger partial charge in [0.05, 0.1) is 21.8 Å². The lowest BCUT2D eigenvalue weighted by atomic mass is 9.87. The highest BCUT2D eigenvalue weighted by atomic mass is 35.5. The standard InChI is InChI=1S/C31H29ClF2N2O2/c1-18-8-12-23(33)25(16-18)36-24-14-15-35-30-20(6-5-7-21(24)30)17-26(37)28-22(32)11-9-19(29(28)34)10-13-27(38)31(2,3)4/h5-9,11-12,14-16H,10,13,17H2,1-4H3,(H,35,36). The lowest BCUT2D eigenvalue weighted by Gasteiger charge is -2.17. The van der Waals surface area contributed by atoms with Gasteiger partial charge in [0.25, 0.3) is 0 Å². The van der Waals surface area contributed by atoms with E-state index in [0.717, 1.165) is 5.56 Å². The maximum absolute atomic E-state index is 15.4. The number of nitrogens with one attached hydrogen (secondary N) is 1. The molecule has 0 saturated heterocycles. The number of aryl methyl sites for hydroxylation is 2. The predicted molar refractivity (Wildman–Crippen MR) is 148 cm³/mol. The number of para-hydroxylation sites is 1. The first kappa shape index (κ1) is 27.4. The largest absolute Gasteiger partial charge is 0.353 e. The number of hydrogen-bond donors (Lipinski definition) is 1. The molecule has 4 aromatic rings. The van der Waals surface area contributed by atoms with Gasteiger partial charge in [-0.1, -0.05) is 62.7 Å². The lowest BCUT2D eigenvalue weighted by Crippen LogP contribution is -2.20. The number of pyridine rings is 1. The topological polar surface area (TPSA) is 59.1 Å². The van der Waals surface area contributed by atoms with Crippen LogP contribution in [0.3, 0.4) is 0 Å². The van der Waals surface area contributed by atoms with Crippen molar-refractivity contribution in [2.75, 3.05) is 5.32 Å². The van der Waals surface area contributed by atoms with Crippen molar-refractivity contribution in [3.8, 4) is 0 Å². The van der Waals surface area contributed by atoms with E-state index in [-0.39, 0.29) is 47.0 Å². The van der Waals surface area contributed by atoms with E-state index in [1.54, 1.807) is 36.5 Å². The molecule has 0 spiro atoms.